The van der Waals surface area contributed by atoms with E-state index < -0.39 is 17.9 Å². The molecular weight excluding hydrogens is 356 g/mol. The molecule has 0 fully saturated rings. The van der Waals surface area contributed by atoms with E-state index in [4.69, 9.17) is 9.15 Å². The van der Waals surface area contributed by atoms with Gasteiger partial charge in [-0.25, -0.2) is 4.79 Å². The summed E-state index contributed by atoms with van der Waals surface area (Å²) in [5.41, 5.74) is 0.857. The van der Waals surface area contributed by atoms with Crippen molar-refractivity contribution in [1.29, 1.82) is 0 Å². The number of hydrogen-bond donors (Lipinski definition) is 0. The van der Waals surface area contributed by atoms with Gasteiger partial charge in [-0.05, 0) is 44.9 Å². The monoisotopic (exact) mass is 381 g/mol. The first-order valence-corrected chi connectivity index (χ1v) is 8.88. The number of benzene rings is 1. The van der Waals surface area contributed by atoms with Crippen LogP contribution >= 0.6 is 0 Å². The lowest BCUT2D eigenvalue weighted by atomic mass is 10.1. The normalized spacial score (nSPS) is 11.7. The van der Waals surface area contributed by atoms with Crippen molar-refractivity contribution < 1.29 is 22.7 Å². The first-order valence-electron chi connectivity index (χ1n) is 8.88. The van der Waals surface area contributed by atoms with E-state index >= 15 is 0 Å². The second-order valence-electron chi connectivity index (χ2n) is 7.20. The number of rotatable bonds is 7. The second-order valence-corrected chi connectivity index (χ2v) is 7.20. The lowest BCUT2D eigenvalue weighted by molar-refractivity contribution is 0.0231. The zero-order valence-electron chi connectivity index (χ0n) is 16.0. The number of carbonyl (C=O) groups is 1. The van der Waals surface area contributed by atoms with E-state index in [1.54, 1.807) is 29.2 Å². The van der Waals surface area contributed by atoms with Crippen LogP contribution < -0.4 is 0 Å². The number of amides is 1. The third-order valence-corrected chi connectivity index (χ3v) is 3.63. The predicted octanol–water partition coefficient (Wildman–Crippen LogP) is 5.21. The van der Waals surface area contributed by atoms with E-state index in [-0.39, 0.29) is 12.0 Å². The third kappa shape index (κ3) is 6.30. The molecule has 0 aliphatic rings. The van der Waals surface area contributed by atoms with Gasteiger partial charge in [-0.15, -0.1) is 10.2 Å². The summed E-state index contributed by atoms with van der Waals surface area (Å²) in [4.78, 5) is 14.1. The molecule has 0 saturated carbocycles. The molecule has 0 saturated heterocycles. The molecule has 0 N–H and O–H groups in total. The highest BCUT2D eigenvalue weighted by molar-refractivity contribution is 5.68. The van der Waals surface area contributed by atoms with E-state index in [1.807, 2.05) is 20.8 Å². The Hall–Kier alpha value is -2.51. The Morgan fingerprint density at radius 3 is 2.41 bits per heavy atom. The summed E-state index contributed by atoms with van der Waals surface area (Å²) in [6.45, 7) is 8.53. The third-order valence-electron chi connectivity index (χ3n) is 3.63. The number of hydrogen-bond acceptors (Lipinski definition) is 5. The molecule has 0 spiro atoms. The molecule has 148 valence electrons. The standard InChI is InChI=1S/C19H25F2N3O3/c1-5-6-11-24(18(25)27-19(2,3)4)12-13-7-9-14(10-8-13)16-22-23-17(26-16)15(20)21/h7-10,15H,5-6,11-12H2,1-4H3. The average molecular weight is 381 g/mol. The van der Waals surface area contributed by atoms with Gasteiger partial charge in [0.25, 0.3) is 5.89 Å². The largest absolute Gasteiger partial charge is 0.444 e. The highest BCUT2D eigenvalue weighted by atomic mass is 19.3. The first-order chi connectivity index (χ1) is 12.7. The van der Waals surface area contributed by atoms with Crippen molar-refractivity contribution in [3.8, 4) is 11.5 Å². The quantitative estimate of drug-likeness (QED) is 0.658. The van der Waals surface area contributed by atoms with Crippen LogP contribution in [0, 0.1) is 0 Å². The van der Waals surface area contributed by atoms with Gasteiger partial charge in [-0.2, -0.15) is 8.78 Å². The molecule has 0 bridgehead atoms. The molecule has 0 radical (unpaired) electrons. The number of halogens is 2. The minimum absolute atomic E-state index is 0.0341. The van der Waals surface area contributed by atoms with Gasteiger partial charge in [0.1, 0.15) is 5.60 Å². The fraction of sp³-hybridized carbons (Fsp3) is 0.526. The minimum Gasteiger partial charge on any atom is -0.444 e. The molecule has 1 heterocycles. The van der Waals surface area contributed by atoms with Gasteiger partial charge in [-0.1, -0.05) is 25.5 Å². The zero-order chi connectivity index (χ0) is 20.0. The highest BCUT2D eigenvalue weighted by Gasteiger charge is 2.22. The van der Waals surface area contributed by atoms with E-state index in [0.717, 1.165) is 18.4 Å². The van der Waals surface area contributed by atoms with Crippen molar-refractivity contribution in [3.63, 3.8) is 0 Å². The molecule has 1 amide bonds. The van der Waals surface area contributed by atoms with Crippen molar-refractivity contribution in [2.45, 2.75) is 59.1 Å². The Balaban J connectivity index is 2.09. The molecule has 2 aromatic rings. The van der Waals surface area contributed by atoms with Crippen LogP contribution in [0.15, 0.2) is 28.7 Å². The summed E-state index contributed by atoms with van der Waals surface area (Å²) >= 11 is 0. The van der Waals surface area contributed by atoms with Crippen LogP contribution in [0.25, 0.3) is 11.5 Å². The van der Waals surface area contributed by atoms with Crippen molar-refractivity contribution in [2.24, 2.45) is 0 Å². The Morgan fingerprint density at radius 1 is 1.22 bits per heavy atom. The molecule has 0 aliphatic heterocycles. The van der Waals surface area contributed by atoms with Crippen molar-refractivity contribution in [2.75, 3.05) is 6.54 Å². The lowest BCUT2D eigenvalue weighted by Gasteiger charge is -2.27. The van der Waals surface area contributed by atoms with Gasteiger partial charge in [0, 0.05) is 18.7 Å². The molecule has 1 aromatic heterocycles. The molecule has 0 unspecified atom stereocenters. The zero-order valence-corrected chi connectivity index (χ0v) is 16.0. The topological polar surface area (TPSA) is 68.5 Å². The van der Waals surface area contributed by atoms with Gasteiger partial charge in [0.15, 0.2) is 0 Å². The predicted molar refractivity (Wildman–Crippen MR) is 96.2 cm³/mol. The Morgan fingerprint density at radius 2 is 1.89 bits per heavy atom. The second kappa shape index (κ2) is 8.92. The fourth-order valence-corrected chi connectivity index (χ4v) is 2.32. The van der Waals surface area contributed by atoms with Crippen molar-refractivity contribution >= 4 is 6.09 Å². The summed E-state index contributed by atoms with van der Waals surface area (Å²) in [6, 6.07) is 6.99. The molecule has 1 aromatic carbocycles. The van der Waals surface area contributed by atoms with Crippen LogP contribution in [0.3, 0.4) is 0 Å². The SMILES string of the molecule is CCCCN(Cc1ccc(-c2nnc(C(F)F)o2)cc1)C(=O)OC(C)(C)C. The van der Waals surface area contributed by atoms with Gasteiger partial charge in [0.2, 0.25) is 5.89 Å². The van der Waals surface area contributed by atoms with Crippen LogP contribution in [-0.2, 0) is 11.3 Å². The van der Waals surface area contributed by atoms with Gasteiger partial charge >= 0.3 is 12.5 Å². The molecule has 0 atom stereocenters. The number of carbonyl (C=O) groups excluding carboxylic acids is 1. The number of unbranched alkanes of at least 4 members (excludes halogenated alkanes) is 1. The maximum absolute atomic E-state index is 12.6. The van der Waals surface area contributed by atoms with E-state index in [9.17, 15) is 13.6 Å². The molecule has 27 heavy (non-hydrogen) atoms. The number of ether oxygens (including phenoxy) is 1. The minimum atomic E-state index is -2.80. The molecule has 2 rings (SSSR count). The average Bonchev–Trinajstić information content (AvgIpc) is 3.08. The van der Waals surface area contributed by atoms with Gasteiger partial charge in [0.05, 0.1) is 0 Å². The van der Waals surface area contributed by atoms with Crippen molar-refractivity contribution in [3.05, 3.63) is 35.7 Å². The summed E-state index contributed by atoms with van der Waals surface area (Å²) in [5, 5.41) is 6.94. The summed E-state index contributed by atoms with van der Waals surface area (Å²) in [7, 11) is 0. The molecule has 8 heteroatoms. The van der Waals surface area contributed by atoms with E-state index in [1.165, 1.54) is 0 Å². The lowest BCUT2D eigenvalue weighted by Crippen LogP contribution is -2.37. The van der Waals surface area contributed by atoms with Crippen LogP contribution in [0.1, 0.15) is 58.4 Å². The number of nitrogens with zero attached hydrogens (tertiary/aromatic N) is 3. The van der Waals surface area contributed by atoms with Crippen LogP contribution in [0.5, 0.6) is 0 Å². The maximum atomic E-state index is 12.6. The van der Waals surface area contributed by atoms with Crippen molar-refractivity contribution in [1.82, 2.24) is 15.1 Å². The van der Waals surface area contributed by atoms with Crippen LogP contribution in [0.4, 0.5) is 13.6 Å². The molecule has 6 nitrogen and oxygen atoms in total. The summed E-state index contributed by atoms with van der Waals surface area (Å²) < 4.78 is 35.5. The van der Waals surface area contributed by atoms with Crippen LogP contribution in [-0.4, -0.2) is 33.3 Å². The molecular formula is C19H25F2N3O3. The van der Waals surface area contributed by atoms with E-state index in [2.05, 4.69) is 17.1 Å². The number of alkyl halides is 2. The summed E-state index contributed by atoms with van der Waals surface area (Å²) in [6.07, 6.45) is -1.33. The number of aromatic nitrogens is 2. The summed E-state index contributed by atoms with van der Waals surface area (Å²) in [5.74, 6) is -0.670. The van der Waals surface area contributed by atoms with Crippen LogP contribution in [0.2, 0.25) is 0 Å². The fourth-order valence-electron chi connectivity index (χ4n) is 2.32. The Kier molecular flexibility index (Phi) is 6.87. The first kappa shape index (κ1) is 20.8. The van der Waals surface area contributed by atoms with Gasteiger partial charge in [-0.3, -0.25) is 0 Å². The smallest absolute Gasteiger partial charge is 0.410 e. The Bertz CT molecular complexity index is 739. The Labute approximate surface area is 157 Å². The maximum Gasteiger partial charge on any atom is 0.410 e. The van der Waals surface area contributed by atoms with Gasteiger partial charge < -0.3 is 14.1 Å². The highest BCUT2D eigenvalue weighted by Crippen LogP contribution is 2.24. The van der Waals surface area contributed by atoms with E-state index in [0.29, 0.717) is 18.7 Å². The molecule has 0 aliphatic carbocycles.